The van der Waals surface area contributed by atoms with E-state index in [0.29, 0.717) is 12.3 Å². The molecule has 0 aliphatic heterocycles. The Hall–Kier alpha value is -3.48. The number of fused-ring (bicyclic) bond motifs is 1. The van der Waals surface area contributed by atoms with Crippen molar-refractivity contribution in [2.75, 3.05) is 6.61 Å². The molecule has 4 rings (SSSR count). The van der Waals surface area contributed by atoms with Gasteiger partial charge in [0.2, 0.25) is 0 Å². The van der Waals surface area contributed by atoms with Crippen LogP contribution in [-0.4, -0.2) is 38.2 Å². The second-order valence-corrected chi connectivity index (χ2v) is 5.49. The van der Waals surface area contributed by atoms with Gasteiger partial charge in [0.1, 0.15) is 5.69 Å². The summed E-state index contributed by atoms with van der Waals surface area (Å²) in [4.78, 5) is 11.9. The van der Waals surface area contributed by atoms with Crippen molar-refractivity contribution in [2.24, 2.45) is 0 Å². The van der Waals surface area contributed by atoms with E-state index >= 15 is 0 Å². The molecule has 7 nitrogen and oxygen atoms in total. The zero-order chi connectivity index (χ0) is 17.2. The Morgan fingerprint density at radius 2 is 1.80 bits per heavy atom. The Morgan fingerprint density at radius 3 is 2.60 bits per heavy atom. The molecule has 2 N–H and O–H groups in total. The minimum absolute atomic E-state index is 0.189. The molecule has 7 heteroatoms. The molecule has 25 heavy (non-hydrogen) atoms. The van der Waals surface area contributed by atoms with Crippen LogP contribution in [0.25, 0.3) is 33.3 Å². The van der Waals surface area contributed by atoms with E-state index < -0.39 is 5.97 Å². The van der Waals surface area contributed by atoms with Crippen LogP contribution in [-0.2, 0) is 4.74 Å². The molecule has 0 radical (unpaired) electrons. The second kappa shape index (κ2) is 6.20. The van der Waals surface area contributed by atoms with Gasteiger partial charge >= 0.3 is 5.97 Å². The van der Waals surface area contributed by atoms with E-state index in [1.54, 1.807) is 13.1 Å². The third-order valence-electron chi connectivity index (χ3n) is 3.95. The molecule has 0 bridgehead atoms. The third kappa shape index (κ3) is 2.76. The summed E-state index contributed by atoms with van der Waals surface area (Å²) in [5.74, 6) is -0.485. The number of carbonyl (C=O) groups excluding carboxylic acids is 1. The molecule has 0 saturated heterocycles. The first-order valence-corrected chi connectivity index (χ1v) is 7.88. The third-order valence-corrected chi connectivity index (χ3v) is 3.95. The van der Waals surface area contributed by atoms with Gasteiger partial charge in [0.25, 0.3) is 0 Å². The molecule has 0 aliphatic rings. The Morgan fingerprint density at radius 1 is 1.04 bits per heavy atom. The molecule has 4 aromatic rings. The number of H-pyrrole nitrogens is 2. The number of nitrogens with one attached hydrogen (secondary N) is 2. The predicted molar refractivity (Wildman–Crippen MR) is 92.9 cm³/mol. The first-order valence-electron chi connectivity index (χ1n) is 7.88. The van der Waals surface area contributed by atoms with Crippen LogP contribution in [0.5, 0.6) is 0 Å². The van der Waals surface area contributed by atoms with Crippen LogP contribution >= 0.6 is 0 Å². The van der Waals surface area contributed by atoms with Crippen molar-refractivity contribution >= 4 is 16.9 Å². The molecule has 0 fully saturated rings. The fourth-order valence-electron chi connectivity index (χ4n) is 2.72. The number of hydrogen-bond donors (Lipinski definition) is 2. The maximum absolute atomic E-state index is 11.9. The minimum Gasteiger partial charge on any atom is -0.461 e. The van der Waals surface area contributed by atoms with Gasteiger partial charge in [-0.05, 0) is 30.2 Å². The van der Waals surface area contributed by atoms with Gasteiger partial charge in [-0.1, -0.05) is 30.3 Å². The lowest BCUT2D eigenvalue weighted by Crippen LogP contribution is -2.06. The van der Waals surface area contributed by atoms with Crippen molar-refractivity contribution in [1.82, 2.24) is 25.6 Å². The molecule has 0 aliphatic carbocycles. The van der Waals surface area contributed by atoms with Crippen LogP contribution in [0.15, 0.2) is 48.7 Å². The van der Waals surface area contributed by atoms with Crippen LogP contribution in [0.2, 0.25) is 0 Å². The predicted octanol–water partition coefficient (Wildman–Crippen LogP) is 3.19. The van der Waals surface area contributed by atoms with E-state index in [1.807, 2.05) is 36.4 Å². The maximum Gasteiger partial charge on any atom is 0.361 e. The number of nitrogens with zero attached hydrogens (tertiary/aromatic N) is 3. The van der Waals surface area contributed by atoms with Crippen LogP contribution in [0.4, 0.5) is 0 Å². The Bertz CT molecular complexity index is 1030. The first-order chi connectivity index (χ1) is 12.3. The number of aromatic nitrogens is 5. The number of esters is 1. The molecule has 0 atom stereocenters. The van der Waals surface area contributed by atoms with Gasteiger partial charge in [0.15, 0.2) is 5.69 Å². The Kier molecular flexibility index (Phi) is 3.74. The highest BCUT2D eigenvalue weighted by Gasteiger charge is 2.18. The largest absolute Gasteiger partial charge is 0.461 e. The number of benzene rings is 2. The van der Waals surface area contributed by atoms with Crippen molar-refractivity contribution < 1.29 is 9.53 Å². The summed E-state index contributed by atoms with van der Waals surface area (Å²) in [6.07, 6.45) is 1.80. The van der Waals surface area contributed by atoms with Crippen molar-refractivity contribution in [2.45, 2.75) is 6.92 Å². The highest BCUT2D eigenvalue weighted by atomic mass is 16.5. The summed E-state index contributed by atoms with van der Waals surface area (Å²) in [6.45, 7) is 2.05. The van der Waals surface area contributed by atoms with Gasteiger partial charge in [0, 0.05) is 10.9 Å². The topological polar surface area (TPSA) is 96.5 Å². The lowest BCUT2D eigenvalue weighted by Gasteiger charge is -2.05. The fourth-order valence-corrected chi connectivity index (χ4v) is 2.72. The van der Waals surface area contributed by atoms with E-state index in [4.69, 9.17) is 4.74 Å². The quantitative estimate of drug-likeness (QED) is 0.559. The molecule has 2 aromatic carbocycles. The zero-order valence-electron chi connectivity index (χ0n) is 13.5. The summed E-state index contributed by atoms with van der Waals surface area (Å²) in [7, 11) is 0. The lowest BCUT2D eigenvalue weighted by atomic mass is 10.0. The van der Waals surface area contributed by atoms with Gasteiger partial charge in [-0.3, -0.25) is 5.10 Å². The highest BCUT2D eigenvalue weighted by molar-refractivity contribution is 5.94. The molecule has 2 aromatic heterocycles. The van der Waals surface area contributed by atoms with Crippen LogP contribution < -0.4 is 0 Å². The van der Waals surface area contributed by atoms with Gasteiger partial charge < -0.3 is 4.74 Å². The van der Waals surface area contributed by atoms with Crippen molar-refractivity contribution in [3.05, 3.63) is 54.4 Å². The number of hydrogen-bond acceptors (Lipinski definition) is 5. The minimum atomic E-state index is -0.485. The summed E-state index contributed by atoms with van der Waals surface area (Å²) in [5, 5.41) is 18.5. The van der Waals surface area contributed by atoms with Gasteiger partial charge in [-0.2, -0.15) is 15.4 Å². The van der Waals surface area contributed by atoms with Crippen molar-refractivity contribution in [1.29, 1.82) is 0 Å². The Labute approximate surface area is 143 Å². The van der Waals surface area contributed by atoms with E-state index in [-0.39, 0.29) is 5.69 Å². The van der Waals surface area contributed by atoms with Crippen LogP contribution in [0.3, 0.4) is 0 Å². The second-order valence-electron chi connectivity index (χ2n) is 5.49. The molecule has 0 amide bonds. The van der Waals surface area contributed by atoms with E-state index in [9.17, 15) is 4.79 Å². The SMILES string of the molecule is CCOC(=O)c1n[nH]nc1-c1ccc(-c2ccc3[nH]ncc3c2)cc1. The summed E-state index contributed by atoms with van der Waals surface area (Å²) >= 11 is 0. The van der Waals surface area contributed by atoms with Crippen molar-refractivity contribution in [3.63, 3.8) is 0 Å². The molecular weight excluding hydrogens is 318 g/mol. The number of ether oxygens (including phenoxy) is 1. The van der Waals surface area contributed by atoms with E-state index in [1.165, 1.54) is 0 Å². The molecular formula is C18H15N5O2. The fraction of sp³-hybridized carbons (Fsp3) is 0.111. The van der Waals surface area contributed by atoms with E-state index in [2.05, 4.69) is 31.7 Å². The van der Waals surface area contributed by atoms with Crippen LogP contribution in [0, 0.1) is 0 Å². The molecule has 0 saturated carbocycles. The number of carbonyl (C=O) groups is 1. The van der Waals surface area contributed by atoms with Gasteiger partial charge in [-0.25, -0.2) is 4.79 Å². The van der Waals surface area contributed by atoms with Crippen molar-refractivity contribution in [3.8, 4) is 22.4 Å². The summed E-state index contributed by atoms with van der Waals surface area (Å²) in [6, 6.07) is 13.9. The average Bonchev–Trinajstić information content (AvgIpc) is 3.30. The molecule has 124 valence electrons. The number of rotatable bonds is 4. The van der Waals surface area contributed by atoms with Gasteiger partial charge in [0.05, 0.1) is 18.3 Å². The summed E-state index contributed by atoms with van der Waals surface area (Å²) in [5.41, 5.74) is 4.62. The average molecular weight is 333 g/mol. The summed E-state index contributed by atoms with van der Waals surface area (Å²) < 4.78 is 5.00. The lowest BCUT2D eigenvalue weighted by molar-refractivity contribution is 0.0520. The molecule has 0 spiro atoms. The molecule has 2 heterocycles. The number of aromatic amines is 2. The highest BCUT2D eigenvalue weighted by Crippen LogP contribution is 2.27. The van der Waals surface area contributed by atoms with Gasteiger partial charge in [-0.15, -0.1) is 5.10 Å². The smallest absolute Gasteiger partial charge is 0.361 e. The Balaban J connectivity index is 1.66. The monoisotopic (exact) mass is 333 g/mol. The first kappa shape index (κ1) is 15.1. The standard InChI is InChI=1S/C18H15N5O2/c1-2-25-18(24)17-16(21-23-22-17)12-5-3-11(4-6-12)13-7-8-15-14(9-13)10-19-20-15/h3-10H,2H2,1H3,(H,19,20)(H,21,22,23). The normalized spacial score (nSPS) is 10.9. The van der Waals surface area contributed by atoms with E-state index in [0.717, 1.165) is 27.6 Å². The zero-order valence-corrected chi connectivity index (χ0v) is 13.5. The molecule has 0 unspecified atom stereocenters. The van der Waals surface area contributed by atoms with Crippen LogP contribution in [0.1, 0.15) is 17.4 Å². The maximum atomic E-state index is 11.9.